The zero-order valence-corrected chi connectivity index (χ0v) is 14.3. The van der Waals surface area contributed by atoms with E-state index in [9.17, 15) is 0 Å². The summed E-state index contributed by atoms with van der Waals surface area (Å²) in [5, 5.41) is 12.7. The number of nitrogens with zero attached hydrogens (tertiary/aromatic N) is 1. The Bertz CT molecular complexity index is 1150. The van der Waals surface area contributed by atoms with Crippen LogP contribution in [0.15, 0.2) is 91.1 Å². The summed E-state index contributed by atoms with van der Waals surface area (Å²) >= 11 is 0. The van der Waals surface area contributed by atoms with Crippen LogP contribution in [0.2, 0.25) is 0 Å². The molecular formula is C24H18N2. The molecule has 5 rings (SSSR count). The van der Waals surface area contributed by atoms with Gasteiger partial charge in [0.05, 0.1) is 5.69 Å². The third-order valence-corrected chi connectivity index (χ3v) is 4.96. The van der Waals surface area contributed by atoms with Crippen molar-refractivity contribution < 1.29 is 0 Å². The Morgan fingerprint density at radius 2 is 1.31 bits per heavy atom. The second kappa shape index (κ2) is 6.16. The Balaban J connectivity index is 1.78. The lowest BCUT2D eigenvalue weighted by Crippen LogP contribution is -1.92. The summed E-state index contributed by atoms with van der Waals surface area (Å²) in [5.74, 6) is 0. The van der Waals surface area contributed by atoms with Crippen LogP contribution in [-0.2, 0) is 6.42 Å². The fourth-order valence-electron chi connectivity index (χ4n) is 3.75. The first-order chi connectivity index (χ1) is 12.9. The molecule has 1 aromatic heterocycles. The van der Waals surface area contributed by atoms with Crippen LogP contribution in [0.1, 0.15) is 11.1 Å². The van der Waals surface area contributed by atoms with Gasteiger partial charge < -0.3 is 0 Å². The number of hydrogen-bond acceptors (Lipinski definition) is 1. The molecule has 2 nitrogen and oxygen atoms in total. The van der Waals surface area contributed by atoms with Gasteiger partial charge in [0.15, 0.2) is 0 Å². The van der Waals surface area contributed by atoms with Crippen LogP contribution >= 0.6 is 0 Å². The van der Waals surface area contributed by atoms with Crippen molar-refractivity contribution in [3.8, 4) is 11.3 Å². The van der Waals surface area contributed by atoms with E-state index in [1.54, 1.807) is 0 Å². The predicted molar refractivity (Wildman–Crippen MR) is 108 cm³/mol. The van der Waals surface area contributed by atoms with Crippen LogP contribution < -0.4 is 0 Å². The first kappa shape index (κ1) is 14.9. The number of nitrogens with one attached hydrogen (secondary N) is 1. The highest BCUT2D eigenvalue weighted by molar-refractivity contribution is 6.12. The molecule has 0 radical (unpaired) electrons. The standard InChI is InChI=1S/C24H18N2/c1-2-8-17(9-3-1)14-20-16-25-26-24(20)23-21-12-6-4-10-18(21)15-19-11-5-7-13-22(19)23/h1-13,15-16H,14H2,(H,25,26). The van der Waals surface area contributed by atoms with Gasteiger partial charge in [-0.25, -0.2) is 0 Å². The minimum atomic E-state index is 0.865. The van der Waals surface area contributed by atoms with Gasteiger partial charge in [-0.05, 0) is 33.2 Å². The lowest BCUT2D eigenvalue weighted by Gasteiger charge is -2.11. The highest BCUT2D eigenvalue weighted by atomic mass is 15.1. The van der Waals surface area contributed by atoms with Crippen molar-refractivity contribution in [1.82, 2.24) is 10.2 Å². The van der Waals surface area contributed by atoms with Crippen molar-refractivity contribution >= 4 is 21.5 Å². The van der Waals surface area contributed by atoms with Crippen molar-refractivity contribution in [3.05, 3.63) is 102 Å². The van der Waals surface area contributed by atoms with Gasteiger partial charge in [0.1, 0.15) is 0 Å². The van der Waals surface area contributed by atoms with E-state index in [0.717, 1.165) is 12.1 Å². The minimum absolute atomic E-state index is 0.865. The van der Waals surface area contributed by atoms with Crippen LogP contribution in [0.5, 0.6) is 0 Å². The Labute approximate surface area is 152 Å². The molecule has 0 atom stereocenters. The Morgan fingerprint density at radius 3 is 2.00 bits per heavy atom. The second-order valence-electron chi connectivity index (χ2n) is 6.62. The Kier molecular flexibility index (Phi) is 3.53. The quantitative estimate of drug-likeness (QED) is 0.404. The number of fused-ring (bicyclic) bond motifs is 2. The summed E-state index contributed by atoms with van der Waals surface area (Å²) < 4.78 is 0. The number of aromatic nitrogens is 2. The molecule has 5 aromatic rings. The van der Waals surface area contributed by atoms with E-state index in [0.29, 0.717) is 0 Å². The predicted octanol–water partition coefficient (Wildman–Crippen LogP) is 5.97. The largest absolute Gasteiger partial charge is 0.285 e. The van der Waals surface area contributed by atoms with Crippen molar-refractivity contribution in [2.75, 3.05) is 0 Å². The molecular weight excluding hydrogens is 316 g/mol. The molecule has 1 N–H and O–H groups in total. The van der Waals surface area contributed by atoms with Crippen molar-refractivity contribution in [2.24, 2.45) is 0 Å². The maximum absolute atomic E-state index is 4.66. The third-order valence-electron chi connectivity index (χ3n) is 4.96. The van der Waals surface area contributed by atoms with Gasteiger partial charge in [-0.2, -0.15) is 5.10 Å². The molecule has 0 spiro atoms. The lowest BCUT2D eigenvalue weighted by molar-refractivity contribution is 1.10. The molecule has 0 aliphatic rings. The number of rotatable bonds is 3. The molecule has 0 saturated heterocycles. The smallest absolute Gasteiger partial charge is 0.0968 e. The molecule has 0 saturated carbocycles. The van der Waals surface area contributed by atoms with E-state index in [4.69, 9.17) is 0 Å². The maximum atomic E-state index is 4.66. The van der Waals surface area contributed by atoms with E-state index >= 15 is 0 Å². The highest BCUT2D eigenvalue weighted by Gasteiger charge is 2.15. The third kappa shape index (κ3) is 2.47. The lowest BCUT2D eigenvalue weighted by atomic mass is 9.92. The van der Waals surface area contributed by atoms with E-state index < -0.39 is 0 Å². The summed E-state index contributed by atoms with van der Waals surface area (Å²) in [6.07, 6.45) is 2.89. The van der Waals surface area contributed by atoms with Crippen LogP contribution in [0.25, 0.3) is 32.8 Å². The van der Waals surface area contributed by atoms with Crippen LogP contribution in [0.3, 0.4) is 0 Å². The van der Waals surface area contributed by atoms with Gasteiger partial charge in [0.25, 0.3) is 0 Å². The van der Waals surface area contributed by atoms with Gasteiger partial charge in [0.2, 0.25) is 0 Å². The maximum Gasteiger partial charge on any atom is 0.0968 e. The first-order valence-corrected chi connectivity index (χ1v) is 8.87. The summed E-state index contributed by atoms with van der Waals surface area (Å²) in [5.41, 5.74) is 4.77. The monoisotopic (exact) mass is 334 g/mol. The zero-order valence-electron chi connectivity index (χ0n) is 14.3. The molecule has 0 aliphatic carbocycles. The first-order valence-electron chi connectivity index (χ1n) is 8.87. The Morgan fingerprint density at radius 1 is 0.692 bits per heavy atom. The number of benzene rings is 4. The summed E-state index contributed by atoms with van der Waals surface area (Å²) in [6.45, 7) is 0. The molecule has 2 heteroatoms. The molecule has 4 aromatic carbocycles. The van der Waals surface area contributed by atoms with Crippen molar-refractivity contribution in [2.45, 2.75) is 6.42 Å². The number of H-pyrrole nitrogens is 1. The number of hydrogen-bond donors (Lipinski definition) is 1. The summed E-state index contributed by atoms with van der Waals surface area (Å²) in [4.78, 5) is 0. The van der Waals surface area contributed by atoms with Crippen molar-refractivity contribution in [1.29, 1.82) is 0 Å². The van der Waals surface area contributed by atoms with Crippen LogP contribution in [0.4, 0.5) is 0 Å². The zero-order chi connectivity index (χ0) is 17.3. The Hall–Kier alpha value is -3.39. The fraction of sp³-hybridized carbons (Fsp3) is 0.0417. The summed E-state index contributed by atoms with van der Waals surface area (Å²) in [6, 6.07) is 29.9. The molecule has 124 valence electrons. The molecule has 0 bridgehead atoms. The average molecular weight is 334 g/mol. The molecule has 26 heavy (non-hydrogen) atoms. The van der Waals surface area contributed by atoms with Gasteiger partial charge in [-0.15, -0.1) is 0 Å². The average Bonchev–Trinajstić information content (AvgIpc) is 3.14. The van der Waals surface area contributed by atoms with E-state index in [-0.39, 0.29) is 0 Å². The normalized spacial score (nSPS) is 11.2. The van der Waals surface area contributed by atoms with E-state index in [1.165, 1.54) is 38.2 Å². The van der Waals surface area contributed by atoms with Gasteiger partial charge in [0, 0.05) is 23.7 Å². The topological polar surface area (TPSA) is 28.7 Å². The SMILES string of the molecule is c1ccc(Cc2c[nH]nc2-c2c3ccccc3cc3ccccc23)cc1. The van der Waals surface area contributed by atoms with E-state index in [1.807, 2.05) is 6.20 Å². The van der Waals surface area contributed by atoms with Gasteiger partial charge in [-0.1, -0.05) is 78.9 Å². The van der Waals surface area contributed by atoms with E-state index in [2.05, 4.69) is 95.1 Å². The molecule has 0 unspecified atom stereocenters. The molecule has 0 fully saturated rings. The minimum Gasteiger partial charge on any atom is -0.285 e. The molecule has 0 amide bonds. The fourth-order valence-corrected chi connectivity index (χ4v) is 3.75. The molecule has 1 heterocycles. The summed E-state index contributed by atoms with van der Waals surface area (Å²) in [7, 11) is 0. The van der Waals surface area contributed by atoms with Gasteiger partial charge in [-0.3, -0.25) is 5.10 Å². The highest BCUT2D eigenvalue weighted by Crippen LogP contribution is 2.37. The van der Waals surface area contributed by atoms with Gasteiger partial charge >= 0.3 is 0 Å². The molecule has 0 aliphatic heterocycles. The van der Waals surface area contributed by atoms with Crippen molar-refractivity contribution in [3.63, 3.8) is 0 Å². The van der Waals surface area contributed by atoms with Crippen LogP contribution in [0, 0.1) is 0 Å². The second-order valence-corrected chi connectivity index (χ2v) is 6.62. The number of aromatic amines is 1. The van der Waals surface area contributed by atoms with Crippen LogP contribution in [-0.4, -0.2) is 10.2 Å².